The Morgan fingerprint density at radius 3 is 2.74 bits per heavy atom. The highest BCUT2D eigenvalue weighted by Crippen LogP contribution is 2.38. The molecule has 1 unspecified atom stereocenters. The van der Waals surface area contributed by atoms with Crippen LogP contribution in [-0.2, 0) is 17.6 Å². The number of nitrogens with two attached hydrogens (primary N) is 1. The van der Waals surface area contributed by atoms with Gasteiger partial charge in [-0.25, -0.2) is 4.98 Å². The molecule has 1 heterocycles. The number of nitrogens with zero attached hydrogens (tertiary/aromatic N) is 2. The van der Waals surface area contributed by atoms with Gasteiger partial charge in [0.2, 0.25) is 5.91 Å². The number of aryl methyl sites for hydroxylation is 1. The summed E-state index contributed by atoms with van der Waals surface area (Å²) < 4.78 is 5.71. The van der Waals surface area contributed by atoms with Gasteiger partial charge in [0, 0.05) is 18.8 Å². The van der Waals surface area contributed by atoms with E-state index in [4.69, 9.17) is 10.5 Å². The maximum absolute atomic E-state index is 10.5. The summed E-state index contributed by atoms with van der Waals surface area (Å²) in [5.74, 6) is 0.538. The Hall–Kier alpha value is -3.21. The molecule has 1 atom stereocenters. The quantitative estimate of drug-likeness (QED) is 0.516. The Balaban J connectivity index is 0.000000350. The van der Waals surface area contributed by atoms with Crippen molar-refractivity contribution in [3.05, 3.63) is 59.3 Å². The second kappa shape index (κ2) is 11.8. The molecule has 1 aromatic heterocycles. The van der Waals surface area contributed by atoms with Gasteiger partial charge in [0.25, 0.3) is 0 Å². The van der Waals surface area contributed by atoms with Crippen LogP contribution >= 0.6 is 11.3 Å². The number of carbonyl (C=O) groups is 1. The summed E-state index contributed by atoms with van der Waals surface area (Å²) in [5.41, 5.74) is 11.1. The van der Waals surface area contributed by atoms with Gasteiger partial charge in [-0.05, 0) is 74.4 Å². The smallest absolute Gasteiger partial charge is 0.236 e. The number of hydrogen-bond acceptors (Lipinski definition) is 6. The summed E-state index contributed by atoms with van der Waals surface area (Å²) in [7, 11) is 1.58. The highest BCUT2D eigenvalue weighted by Gasteiger charge is 2.17. The third-order valence-corrected chi connectivity index (χ3v) is 6.73. The summed E-state index contributed by atoms with van der Waals surface area (Å²) in [6.45, 7) is 5.79. The Morgan fingerprint density at radius 2 is 2.09 bits per heavy atom. The number of hydrogen-bond donors (Lipinski definition) is 2. The zero-order chi connectivity index (χ0) is 24.7. The molecule has 0 bridgehead atoms. The molecule has 6 nitrogen and oxygen atoms in total. The zero-order valence-corrected chi connectivity index (χ0v) is 21.0. The average molecular weight is 477 g/mol. The summed E-state index contributed by atoms with van der Waals surface area (Å²) in [6, 6.07) is 14.2. The average Bonchev–Trinajstić information content (AvgIpc) is 3.53. The van der Waals surface area contributed by atoms with E-state index < -0.39 is 0 Å². The van der Waals surface area contributed by atoms with Crippen molar-refractivity contribution >= 4 is 17.2 Å². The predicted octanol–water partition coefficient (Wildman–Crippen LogP) is 5.09. The summed E-state index contributed by atoms with van der Waals surface area (Å²) >= 11 is 1.68. The van der Waals surface area contributed by atoms with Crippen LogP contribution in [-0.4, -0.2) is 30.1 Å². The molecule has 0 fully saturated rings. The molecule has 1 aliphatic carbocycles. The van der Waals surface area contributed by atoms with E-state index in [1.807, 2.05) is 45.2 Å². The molecular formula is C27H32N4O2S. The van der Waals surface area contributed by atoms with Crippen LogP contribution in [0, 0.1) is 11.3 Å². The van der Waals surface area contributed by atoms with Crippen LogP contribution in [0.5, 0.6) is 5.75 Å². The highest BCUT2D eigenvalue weighted by atomic mass is 32.1. The molecule has 0 spiro atoms. The molecule has 2 aromatic carbocycles. The first-order chi connectivity index (χ1) is 16.4. The SMILES string of the molecule is CC(C)Oc1ccc(-c2ncc(-c3cccc4c3CCC4)s2)cc1C#N.CCC(N)C(=O)NC. The maximum atomic E-state index is 10.5. The Bertz CT molecular complexity index is 1180. The van der Waals surface area contributed by atoms with Crippen molar-refractivity contribution in [1.82, 2.24) is 10.3 Å². The van der Waals surface area contributed by atoms with Crippen molar-refractivity contribution in [2.24, 2.45) is 5.73 Å². The van der Waals surface area contributed by atoms with E-state index in [1.165, 1.54) is 34.4 Å². The number of thiazole rings is 1. The minimum Gasteiger partial charge on any atom is -0.490 e. The molecule has 0 radical (unpaired) electrons. The topological polar surface area (TPSA) is 101 Å². The van der Waals surface area contributed by atoms with Crippen LogP contribution in [0.1, 0.15) is 50.3 Å². The first-order valence-electron chi connectivity index (χ1n) is 11.6. The van der Waals surface area contributed by atoms with Crippen molar-refractivity contribution in [3.8, 4) is 32.8 Å². The Morgan fingerprint density at radius 1 is 1.29 bits per heavy atom. The van der Waals surface area contributed by atoms with E-state index in [1.54, 1.807) is 18.4 Å². The van der Waals surface area contributed by atoms with Crippen LogP contribution in [0.4, 0.5) is 0 Å². The molecular weight excluding hydrogens is 444 g/mol. The first-order valence-corrected chi connectivity index (χ1v) is 12.4. The summed E-state index contributed by atoms with van der Waals surface area (Å²) in [6.07, 6.45) is 6.26. The largest absolute Gasteiger partial charge is 0.490 e. The molecule has 0 saturated carbocycles. The van der Waals surface area contributed by atoms with E-state index in [-0.39, 0.29) is 18.1 Å². The summed E-state index contributed by atoms with van der Waals surface area (Å²) in [4.78, 5) is 16.3. The van der Waals surface area contributed by atoms with E-state index in [0.29, 0.717) is 17.7 Å². The normalized spacial score (nSPS) is 12.9. The van der Waals surface area contributed by atoms with Crippen LogP contribution in [0.15, 0.2) is 42.6 Å². The molecule has 7 heteroatoms. The van der Waals surface area contributed by atoms with Crippen LogP contribution < -0.4 is 15.8 Å². The fourth-order valence-corrected chi connectivity index (χ4v) is 4.83. The van der Waals surface area contributed by atoms with Gasteiger partial charge in [0.1, 0.15) is 16.8 Å². The number of amides is 1. The fourth-order valence-electron chi connectivity index (χ4n) is 3.86. The molecule has 0 saturated heterocycles. The Kier molecular flexibility index (Phi) is 8.80. The Labute approximate surface area is 205 Å². The number of ether oxygens (including phenoxy) is 1. The predicted molar refractivity (Wildman–Crippen MR) is 138 cm³/mol. The third-order valence-electron chi connectivity index (χ3n) is 5.65. The van der Waals surface area contributed by atoms with Gasteiger partial charge in [0.15, 0.2) is 0 Å². The van der Waals surface area contributed by atoms with Crippen molar-refractivity contribution in [2.45, 2.75) is 58.6 Å². The molecule has 4 rings (SSSR count). The number of nitrogens with one attached hydrogen (secondary N) is 1. The molecule has 1 amide bonds. The first kappa shape index (κ1) is 25.4. The van der Waals surface area contributed by atoms with Gasteiger partial charge in [0.05, 0.1) is 22.6 Å². The van der Waals surface area contributed by atoms with Gasteiger partial charge >= 0.3 is 0 Å². The van der Waals surface area contributed by atoms with Crippen molar-refractivity contribution in [2.75, 3.05) is 7.05 Å². The second-order valence-electron chi connectivity index (χ2n) is 8.44. The number of nitriles is 1. The van der Waals surface area contributed by atoms with E-state index >= 15 is 0 Å². The third kappa shape index (κ3) is 6.02. The van der Waals surface area contributed by atoms with Crippen molar-refractivity contribution in [3.63, 3.8) is 0 Å². The van der Waals surface area contributed by atoms with E-state index in [0.717, 1.165) is 17.0 Å². The maximum Gasteiger partial charge on any atom is 0.236 e. The number of fused-ring (bicyclic) bond motifs is 1. The molecule has 0 aliphatic heterocycles. The molecule has 3 N–H and O–H groups in total. The lowest BCUT2D eigenvalue weighted by molar-refractivity contribution is -0.121. The molecule has 178 valence electrons. The number of carbonyl (C=O) groups excluding carboxylic acids is 1. The molecule has 34 heavy (non-hydrogen) atoms. The van der Waals surface area contributed by atoms with Crippen LogP contribution in [0.3, 0.4) is 0 Å². The molecule has 3 aromatic rings. The number of rotatable bonds is 6. The number of benzene rings is 2. The number of aromatic nitrogens is 1. The van der Waals surface area contributed by atoms with Gasteiger partial charge in [-0.1, -0.05) is 25.1 Å². The van der Waals surface area contributed by atoms with Gasteiger partial charge < -0.3 is 15.8 Å². The van der Waals surface area contributed by atoms with Gasteiger partial charge in [-0.15, -0.1) is 11.3 Å². The minimum atomic E-state index is -0.333. The second-order valence-corrected chi connectivity index (χ2v) is 9.48. The van der Waals surface area contributed by atoms with Crippen molar-refractivity contribution < 1.29 is 9.53 Å². The summed E-state index contributed by atoms with van der Waals surface area (Å²) in [5, 5.41) is 12.8. The fraction of sp³-hybridized carbons (Fsp3) is 0.370. The monoisotopic (exact) mass is 476 g/mol. The van der Waals surface area contributed by atoms with Crippen LogP contribution in [0.25, 0.3) is 21.0 Å². The number of likely N-dealkylation sites (N-methyl/N-ethyl adjacent to an activating group) is 1. The van der Waals surface area contributed by atoms with Gasteiger partial charge in [-0.2, -0.15) is 5.26 Å². The van der Waals surface area contributed by atoms with E-state index in [2.05, 4.69) is 34.6 Å². The van der Waals surface area contributed by atoms with Crippen molar-refractivity contribution in [1.29, 1.82) is 5.26 Å². The standard InChI is InChI=1S/C22H20N2OS.C5H12N2O/c1-14(2)25-20-10-9-16(11-17(20)12-23)22-24-13-21(26-22)19-8-4-6-15-5-3-7-18(15)19;1-3-4(6)5(8)7-2/h4,6,8-11,13-14H,3,5,7H2,1-2H3;4H,3,6H2,1-2H3,(H,7,8). The zero-order valence-electron chi connectivity index (χ0n) is 20.2. The lowest BCUT2D eigenvalue weighted by Crippen LogP contribution is -2.37. The van der Waals surface area contributed by atoms with E-state index in [9.17, 15) is 10.1 Å². The minimum absolute atomic E-state index is 0.0413. The van der Waals surface area contributed by atoms with Crippen LogP contribution in [0.2, 0.25) is 0 Å². The highest BCUT2D eigenvalue weighted by molar-refractivity contribution is 7.18. The lowest BCUT2D eigenvalue weighted by atomic mass is 10.0. The van der Waals surface area contributed by atoms with Gasteiger partial charge in [-0.3, -0.25) is 4.79 Å². The lowest BCUT2D eigenvalue weighted by Gasteiger charge is -2.11. The molecule has 1 aliphatic rings.